The van der Waals surface area contributed by atoms with E-state index < -0.39 is 6.04 Å². The molecule has 0 aromatic heterocycles. The van der Waals surface area contributed by atoms with E-state index in [1.54, 1.807) is 14.2 Å². The number of benzene rings is 2. The van der Waals surface area contributed by atoms with Crippen molar-refractivity contribution in [1.29, 1.82) is 0 Å². The Kier molecular flexibility index (Phi) is 7.89. The number of amides is 2. The molecule has 0 saturated heterocycles. The number of aliphatic imine (C=N–C) groups is 1. The highest BCUT2D eigenvalue weighted by atomic mass is 32.2. The molecule has 2 aliphatic heterocycles. The summed E-state index contributed by atoms with van der Waals surface area (Å²) in [5.74, 6) is 0.265. The number of rotatable bonds is 9. The zero-order chi connectivity index (χ0) is 24.8. The van der Waals surface area contributed by atoms with Gasteiger partial charge in [0.1, 0.15) is 5.75 Å². The van der Waals surface area contributed by atoms with E-state index in [0.29, 0.717) is 41.0 Å². The van der Waals surface area contributed by atoms with Crippen LogP contribution < -0.4 is 15.4 Å². The Morgan fingerprint density at radius 2 is 1.83 bits per heavy atom. The molecule has 9 heteroatoms. The number of para-hydroxylation sites is 2. The maximum atomic E-state index is 13.6. The number of nitrogens with one attached hydrogen (secondary N) is 2. The van der Waals surface area contributed by atoms with Gasteiger partial charge in [-0.25, -0.2) is 4.99 Å². The van der Waals surface area contributed by atoms with E-state index in [9.17, 15) is 9.59 Å². The number of thioether (sulfide) groups is 1. The second kappa shape index (κ2) is 11.2. The predicted octanol–water partition coefficient (Wildman–Crippen LogP) is 4.06. The largest absolute Gasteiger partial charge is 0.496 e. The number of carbonyl (C=O) groups is 2. The number of carbonyl (C=O) groups excluding carboxylic acids is 2. The number of amidine groups is 1. The van der Waals surface area contributed by atoms with Crippen molar-refractivity contribution in [1.82, 2.24) is 10.2 Å². The molecule has 0 spiro atoms. The van der Waals surface area contributed by atoms with Gasteiger partial charge in [0.2, 0.25) is 5.91 Å². The molecule has 35 heavy (non-hydrogen) atoms. The van der Waals surface area contributed by atoms with Gasteiger partial charge in [0.05, 0.1) is 37.4 Å². The van der Waals surface area contributed by atoms with E-state index in [1.807, 2.05) is 71.8 Å². The lowest BCUT2D eigenvalue weighted by Crippen LogP contribution is -2.39. The van der Waals surface area contributed by atoms with Crippen LogP contribution in [0, 0.1) is 0 Å². The summed E-state index contributed by atoms with van der Waals surface area (Å²) in [6, 6.07) is 16.4. The molecule has 2 N–H and O–H groups in total. The number of nitrogens with zero attached hydrogens (tertiary/aromatic N) is 2. The maximum absolute atomic E-state index is 13.6. The highest BCUT2D eigenvalue weighted by Gasteiger charge is 2.41. The Morgan fingerprint density at radius 3 is 2.57 bits per heavy atom. The van der Waals surface area contributed by atoms with Crippen LogP contribution >= 0.6 is 11.8 Å². The minimum absolute atomic E-state index is 0.129. The first-order valence-corrected chi connectivity index (χ1v) is 12.1. The van der Waals surface area contributed by atoms with Gasteiger partial charge in [-0.3, -0.25) is 9.59 Å². The Bertz CT molecular complexity index is 1190. The van der Waals surface area contributed by atoms with Crippen LogP contribution in [0.15, 0.2) is 82.0 Å². The van der Waals surface area contributed by atoms with Gasteiger partial charge in [0.25, 0.3) is 5.91 Å². The highest BCUT2D eigenvalue weighted by molar-refractivity contribution is 8.16. The predicted molar refractivity (Wildman–Crippen MR) is 138 cm³/mol. The van der Waals surface area contributed by atoms with Gasteiger partial charge in [-0.05, 0) is 30.5 Å². The molecule has 0 saturated carbocycles. The SMILES string of the molecule is COCCNC(=O)CC1=CSC2=NC(C)=C(C(=O)Nc3ccccc3)C(c3ccccc3OC)N12. The smallest absolute Gasteiger partial charge is 0.255 e. The first-order valence-electron chi connectivity index (χ1n) is 11.2. The lowest BCUT2D eigenvalue weighted by atomic mass is 9.92. The molecule has 1 unspecified atom stereocenters. The van der Waals surface area contributed by atoms with Crippen molar-refractivity contribution in [2.24, 2.45) is 4.99 Å². The normalized spacial score (nSPS) is 16.9. The molecular weight excluding hydrogens is 464 g/mol. The highest BCUT2D eigenvalue weighted by Crippen LogP contribution is 2.46. The number of hydrogen-bond donors (Lipinski definition) is 2. The first kappa shape index (κ1) is 24.6. The molecule has 8 nitrogen and oxygen atoms in total. The molecule has 2 aromatic rings. The quantitative estimate of drug-likeness (QED) is 0.513. The third-order valence-electron chi connectivity index (χ3n) is 5.68. The van der Waals surface area contributed by atoms with Crippen molar-refractivity contribution in [3.8, 4) is 5.75 Å². The minimum atomic E-state index is -0.518. The van der Waals surface area contributed by atoms with Crippen LogP contribution in [0.1, 0.15) is 24.9 Å². The molecule has 0 radical (unpaired) electrons. The molecule has 2 aromatic carbocycles. The van der Waals surface area contributed by atoms with E-state index in [0.717, 1.165) is 11.3 Å². The first-order chi connectivity index (χ1) is 17.0. The van der Waals surface area contributed by atoms with E-state index in [1.165, 1.54) is 11.8 Å². The van der Waals surface area contributed by atoms with E-state index in [-0.39, 0.29) is 18.2 Å². The van der Waals surface area contributed by atoms with Crippen molar-refractivity contribution >= 4 is 34.4 Å². The number of fused-ring (bicyclic) bond motifs is 1. The summed E-state index contributed by atoms with van der Waals surface area (Å²) in [5.41, 5.74) is 3.38. The second-order valence-corrected chi connectivity index (χ2v) is 8.81. The molecule has 2 aliphatic rings. The molecule has 0 fully saturated rings. The summed E-state index contributed by atoms with van der Waals surface area (Å²) < 4.78 is 10.7. The Hall–Kier alpha value is -3.56. The van der Waals surface area contributed by atoms with Crippen LogP contribution in [-0.2, 0) is 14.3 Å². The van der Waals surface area contributed by atoms with Crippen molar-refractivity contribution in [3.05, 3.63) is 82.5 Å². The Balaban J connectivity index is 1.72. The molecule has 2 heterocycles. The Labute approximate surface area is 209 Å². The molecule has 0 aliphatic carbocycles. The average molecular weight is 493 g/mol. The fourth-order valence-corrected chi connectivity index (χ4v) is 5.05. The van der Waals surface area contributed by atoms with Crippen LogP contribution in [0.3, 0.4) is 0 Å². The molecule has 1 atom stereocenters. The summed E-state index contributed by atoms with van der Waals surface area (Å²) in [6.45, 7) is 2.70. The molecule has 4 rings (SSSR count). The summed E-state index contributed by atoms with van der Waals surface area (Å²) in [5, 5.41) is 8.49. The van der Waals surface area contributed by atoms with E-state index in [4.69, 9.17) is 14.5 Å². The summed E-state index contributed by atoms with van der Waals surface area (Å²) >= 11 is 1.44. The average Bonchev–Trinajstić information content (AvgIpc) is 3.25. The number of allylic oxidation sites excluding steroid dienone is 1. The number of ether oxygens (including phenoxy) is 2. The van der Waals surface area contributed by atoms with Crippen LogP contribution in [0.4, 0.5) is 5.69 Å². The Morgan fingerprint density at radius 1 is 1.09 bits per heavy atom. The second-order valence-electron chi connectivity index (χ2n) is 7.97. The summed E-state index contributed by atoms with van der Waals surface area (Å²) in [7, 11) is 3.20. The zero-order valence-electron chi connectivity index (χ0n) is 19.9. The monoisotopic (exact) mass is 492 g/mol. The zero-order valence-corrected chi connectivity index (χ0v) is 20.7. The lowest BCUT2D eigenvalue weighted by Gasteiger charge is -2.37. The summed E-state index contributed by atoms with van der Waals surface area (Å²) in [6.07, 6.45) is 0.147. The van der Waals surface area contributed by atoms with Crippen LogP contribution in [-0.4, -0.2) is 49.3 Å². The number of methoxy groups -OCH3 is 2. The van der Waals surface area contributed by atoms with Gasteiger partial charge in [-0.1, -0.05) is 48.2 Å². The van der Waals surface area contributed by atoms with Crippen molar-refractivity contribution < 1.29 is 19.1 Å². The van der Waals surface area contributed by atoms with Crippen LogP contribution in [0.5, 0.6) is 5.75 Å². The molecule has 182 valence electrons. The van der Waals surface area contributed by atoms with Gasteiger partial charge < -0.3 is 25.0 Å². The topological polar surface area (TPSA) is 92.3 Å². The molecule has 2 amide bonds. The van der Waals surface area contributed by atoms with Gasteiger partial charge in [-0.2, -0.15) is 0 Å². The van der Waals surface area contributed by atoms with Crippen molar-refractivity contribution in [2.75, 3.05) is 32.7 Å². The fourth-order valence-electron chi connectivity index (χ4n) is 4.09. The van der Waals surface area contributed by atoms with Gasteiger partial charge in [-0.15, -0.1) is 0 Å². The summed E-state index contributed by atoms with van der Waals surface area (Å²) in [4.78, 5) is 33.0. The van der Waals surface area contributed by atoms with Gasteiger partial charge in [0.15, 0.2) is 5.17 Å². The van der Waals surface area contributed by atoms with Gasteiger partial charge in [0, 0.05) is 30.6 Å². The standard InChI is InChI=1S/C26H28N4O4S/c1-17-23(25(32)29-18-9-5-4-6-10-18)24(20-11-7-8-12-21(20)34-3)30-19(16-35-26(30)28-17)15-22(31)27-13-14-33-2/h4-12,16,24H,13-15H2,1-3H3,(H,27,31)(H,29,32). The third-order valence-corrected chi connectivity index (χ3v) is 6.57. The van der Waals surface area contributed by atoms with E-state index >= 15 is 0 Å². The lowest BCUT2D eigenvalue weighted by molar-refractivity contribution is -0.120. The van der Waals surface area contributed by atoms with Crippen LogP contribution in [0.2, 0.25) is 0 Å². The maximum Gasteiger partial charge on any atom is 0.255 e. The number of hydrogen-bond acceptors (Lipinski definition) is 7. The minimum Gasteiger partial charge on any atom is -0.496 e. The van der Waals surface area contributed by atoms with E-state index in [2.05, 4.69) is 10.6 Å². The third kappa shape index (κ3) is 5.41. The molecular formula is C26H28N4O4S. The van der Waals surface area contributed by atoms with Crippen molar-refractivity contribution in [3.63, 3.8) is 0 Å². The van der Waals surface area contributed by atoms with Crippen molar-refractivity contribution in [2.45, 2.75) is 19.4 Å². The van der Waals surface area contributed by atoms with Gasteiger partial charge >= 0.3 is 0 Å². The fraction of sp³-hybridized carbons (Fsp3) is 0.269. The van der Waals surface area contributed by atoms with Crippen LogP contribution in [0.25, 0.3) is 0 Å². The molecule has 0 bridgehead atoms. The number of anilines is 1.